The zero-order valence-electron chi connectivity index (χ0n) is 49.4. The van der Waals surface area contributed by atoms with Crippen LogP contribution in [0.3, 0.4) is 0 Å². The molecule has 0 fully saturated rings. The van der Waals surface area contributed by atoms with Crippen LogP contribution in [0.1, 0.15) is 271 Å². The SMILES string of the molecule is CC/C=C\C/C=C\C/C=C\C/C=C\C/C=C\CCCCCCCCCCCCCCCC(=O)OC(COC(=O)CCCCCCCCCCCCCCCC/C=C\C/C=C\C/C=C\C/C=C\CC)COP(=O)(O)OCCN. The van der Waals surface area contributed by atoms with Gasteiger partial charge < -0.3 is 20.1 Å². The van der Waals surface area contributed by atoms with Gasteiger partial charge in [0.05, 0.1) is 13.2 Å². The zero-order chi connectivity index (χ0) is 55.9. The molecular formula is C67H116NO8P. The molecule has 0 amide bonds. The topological polar surface area (TPSA) is 134 Å². The van der Waals surface area contributed by atoms with Gasteiger partial charge in [0, 0.05) is 19.4 Å². The van der Waals surface area contributed by atoms with E-state index in [1.807, 2.05) is 0 Å². The molecule has 0 spiro atoms. The lowest BCUT2D eigenvalue weighted by molar-refractivity contribution is -0.161. The summed E-state index contributed by atoms with van der Waals surface area (Å²) in [6.45, 7) is 3.53. The monoisotopic (exact) mass is 1090 g/mol. The molecule has 77 heavy (non-hydrogen) atoms. The van der Waals surface area contributed by atoms with Crippen LogP contribution < -0.4 is 5.73 Å². The summed E-state index contributed by atoms with van der Waals surface area (Å²) in [5.74, 6) is -0.827. The number of carbonyl (C=O) groups excluding carboxylic acids is 2. The summed E-state index contributed by atoms with van der Waals surface area (Å²) < 4.78 is 33.1. The molecular weight excluding hydrogens is 978 g/mol. The molecule has 442 valence electrons. The van der Waals surface area contributed by atoms with E-state index in [1.54, 1.807) is 0 Å². The zero-order valence-corrected chi connectivity index (χ0v) is 50.3. The number of allylic oxidation sites excluding steroid dienone is 18. The van der Waals surface area contributed by atoms with Gasteiger partial charge in [0.25, 0.3) is 0 Å². The van der Waals surface area contributed by atoms with Crippen LogP contribution in [0.4, 0.5) is 0 Å². The van der Waals surface area contributed by atoms with Gasteiger partial charge in [0.15, 0.2) is 6.10 Å². The molecule has 0 aromatic carbocycles. The predicted molar refractivity (Wildman–Crippen MR) is 330 cm³/mol. The molecule has 0 aliphatic rings. The van der Waals surface area contributed by atoms with E-state index in [-0.39, 0.29) is 38.6 Å². The van der Waals surface area contributed by atoms with Crippen molar-refractivity contribution in [1.29, 1.82) is 0 Å². The number of phosphoric ester groups is 1. The standard InChI is InChI=1S/C67H116NO8P/c1-3-5-7-9-11-13-15-17-19-21-23-25-27-29-31-32-34-36-38-40-42-44-46-48-50-52-54-56-58-60-67(70)76-65(64-75-77(71,72)74-62-61-68)63-73-66(69)59-57-55-53-51-49-47-45-43-41-39-37-35-33-30-28-26-24-22-20-18-16-14-12-10-8-6-4-2/h5-8,11-14,17-20,23-26,29,31,65H,3-4,9-10,15-16,21-22,27-28,30,32-64,68H2,1-2H3,(H,71,72)/b7-5-,8-6-,13-11-,14-12-,19-17-,20-18-,25-23-,26-24-,31-29-. The van der Waals surface area contributed by atoms with Crippen molar-refractivity contribution >= 4 is 19.8 Å². The first-order valence-corrected chi connectivity index (χ1v) is 32.9. The quantitative estimate of drug-likeness (QED) is 0.0264. The highest BCUT2D eigenvalue weighted by Gasteiger charge is 2.26. The van der Waals surface area contributed by atoms with E-state index >= 15 is 0 Å². The molecule has 0 bridgehead atoms. The van der Waals surface area contributed by atoms with Crippen molar-refractivity contribution in [2.45, 2.75) is 277 Å². The molecule has 0 aromatic rings. The van der Waals surface area contributed by atoms with Gasteiger partial charge in [-0.15, -0.1) is 0 Å². The van der Waals surface area contributed by atoms with Crippen molar-refractivity contribution in [3.05, 3.63) is 109 Å². The molecule has 0 aliphatic heterocycles. The summed E-state index contributed by atoms with van der Waals surface area (Å²) in [6.07, 6.45) is 84.4. The first-order valence-electron chi connectivity index (χ1n) is 31.4. The molecule has 0 rings (SSSR count). The fourth-order valence-electron chi connectivity index (χ4n) is 8.60. The second-order valence-corrected chi connectivity index (χ2v) is 22.0. The number of unbranched alkanes of at least 4 members (excludes halogenated alkanes) is 27. The van der Waals surface area contributed by atoms with E-state index in [9.17, 15) is 19.0 Å². The number of rotatable bonds is 58. The highest BCUT2D eigenvalue weighted by atomic mass is 31.2. The lowest BCUT2D eigenvalue weighted by atomic mass is 10.0. The molecule has 0 heterocycles. The van der Waals surface area contributed by atoms with E-state index in [0.29, 0.717) is 6.42 Å². The number of esters is 2. The third-order valence-corrected chi connectivity index (χ3v) is 14.1. The number of hydrogen-bond donors (Lipinski definition) is 2. The van der Waals surface area contributed by atoms with E-state index in [2.05, 4.69) is 123 Å². The molecule has 0 saturated heterocycles. The smallest absolute Gasteiger partial charge is 0.462 e. The van der Waals surface area contributed by atoms with Crippen molar-refractivity contribution in [2.24, 2.45) is 5.73 Å². The van der Waals surface area contributed by atoms with Crippen molar-refractivity contribution < 1.29 is 37.6 Å². The van der Waals surface area contributed by atoms with Crippen LogP contribution in [0.2, 0.25) is 0 Å². The van der Waals surface area contributed by atoms with E-state index < -0.39 is 26.5 Å². The van der Waals surface area contributed by atoms with Crippen molar-refractivity contribution in [2.75, 3.05) is 26.4 Å². The molecule has 2 atom stereocenters. The Balaban J connectivity index is 3.94. The maximum atomic E-state index is 12.7. The first-order chi connectivity index (χ1) is 37.8. The second-order valence-electron chi connectivity index (χ2n) is 20.5. The average Bonchev–Trinajstić information content (AvgIpc) is 3.42. The number of nitrogens with two attached hydrogens (primary N) is 1. The lowest BCUT2D eigenvalue weighted by Gasteiger charge is -2.19. The van der Waals surface area contributed by atoms with E-state index in [4.69, 9.17) is 24.3 Å². The average molecular weight is 1090 g/mol. The Morgan fingerprint density at radius 3 is 1.00 bits per heavy atom. The summed E-state index contributed by atoms with van der Waals surface area (Å²) in [7, 11) is -4.40. The number of hydrogen-bond acceptors (Lipinski definition) is 8. The van der Waals surface area contributed by atoms with E-state index in [0.717, 1.165) is 96.3 Å². The third kappa shape index (κ3) is 61.7. The maximum Gasteiger partial charge on any atom is 0.472 e. The molecule has 0 saturated carbocycles. The summed E-state index contributed by atoms with van der Waals surface area (Å²) in [4.78, 5) is 35.3. The van der Waals surface area contributed by atoms with Gasteiger partial charge in [0.1, 0.15) is 6.61 Å². The Morgan fingerprint density at radius 2 is 0.675 bits per heavy atom. The number of ether oxygens (including phenoxy) is 2. The minimum Gasteiger partial charge on any atom is -0.462 e. The summed E-state index contributed by atoms with van der Waals surface area (Å²) >= 11 is 0. The fraction of sp³-hybridized carbons (Fsp3) is 0.701. The lowest BCUT2D eigenvalue weighted by Crippen LogP contribution is -2.29. The minimum absolute atomic E-state index is 0.0494. The van der Waals surface area contributed by atoms with Crippen LogP contribution in [-0.4, -0.2) is 49.3 Å². The molecule has 9 nitrogen and oxygen atoms in total. The van der Waals surface area contributed by atoms with Gasteiger partial charge in [-0.2, -0.15) is 0 Å². The molecule has 2 unspecified atom stereocenters. The minimum atomic E-state index is -4.40. The first kappa shape index (κ1) is 73.7. The highest BCUT2D eigenvalue weighted by molar-refractivity contribution is 7.47. The number of carbonyl (C=O) groups is 2. The summed E-state index contributed by atoms with van der Waals surface area (Å²) in [5, 5.41) is 0. The Morgan fingerprint density at radius 1 is 0.390 bits per heavy atom. The van der Waals surface area contributed by atoms with Crippen molar-refractivity contribution in [3.63, 3.8) is 0 Å². The Bertz CT molecular complexity index is 1630. The van der Waals surface area contributed by atoms with Crippen LogP contribution in [0.25, 0.3) is 0 Å². The van der Waals surface area contributed by atoms with Gasteiger partial charge >= 0.3 is 19.8 Å². The van der Waals surface area contributed by atoms with Gasteiger partial charge in [0.2, 0.25) is 0 Å². The third-order valence-electron chi connectivity index (χ3n) is 13.2. The second kappa shape index (κ2) is 61.9. The molecule has 0 aliphatic carbocycles. The Hall–Kier alpha value is -3.33. The predicted octanol–water partition coefficient (Wildman–Crippen LogP) is 20.2. The fourth-order valence-corrected chi connectivity index (χ4v) is 9.36. The Kier molecular flexibility index (Phi) is 59.2. The maximum absolute atomic E-state index is 12.7. The molecule has 0 aromatic heterocycles. The van der Waals surface area contributed by atoms with Crippen LogP contribution in [0.15, 0.2) is 109 Å². The van der Waals surface area contributed by atoms with Crippen LogP contribution in [0, 0.1) is 0 Å². The van der Waals surface area contributed by atoms with Gasteiger partial charge in [-0.25, -0.2) is 4.57 Å². The van der Waals surface area contributed by atoms with E-state index in [1.165, 1.54) is 141 Å². The van der Waals surface area contributed by atoms with Gasteiger partial charge in [-0.1, -0.05) is 271 Å². The normalized spacial score (nSPS) is 13.8. The summed E-state index contributed by atoms with van der Waals surface area (Å²) in [5.41, 5.74) is 5.39. The summed E-state index contributed by atoms with van der Waals surface area (Å²) in [6, 6.07) is 0. The van der Waals surface area contributed by atoms with Crippen LogP contribution >= 0.6 is 7.82 Å². The van der Waals surface area contributed by atoms with Crippen molar-refractivity contribution in [3.8, 4) is 0 Å². The van der Waals surface area contributed by atoms with Gasteiger partial charge in [-0.3, -0.25) is 18.6 Å². The van der Waals surface area contributed by atoms with Crippen LogP contribution in [0.5, 0.6) is 0 Å². The molecule has 3 N–H and O–H groups in total. The van der Waals surface area contributed by atoms with Crippen LogP contribution in [-0.2, 0) is 32.7 Å². The highest BCUT2D eigenvalue weighted by Crippen LogP contribution is 2.43. The van der Waals surface area contributed by atoms with Crippen molar-refractivity contribution in [1.82, 2.24) is 0 Å². The largest absolute Gasteiger partial charge is 0.472 e. The number of phosphoric acid groups is 1. The Labute approximate surface area is 473 Å². The molecule has 0 radical (unpaired) electrons. The molecule has 10 heteroatoms. The van der Waals surface area contributed by atoms with Gasteiger partial charge in [-0.05, 0) is 96.3 Å².